The normalized spacial score (nSPS) is 16.0. The SMILES string of the molecule is Cc1cncc(CN2CCC(=C3c4ccc(Cl)cc4CCc4cccnc43)CC2)c1.Cc1cncc(CN2CCC(=C3c4ccc(Cl)cc4CCc4cccnc43)CC2)c1.Cc1cncc(CN2CCC(=C3c4ccc(Cl)cc4CCc4cccnc43)CC2)c1.O=C(O)CC(O)(CC(=O)O)C(=O)O. The van der Waals surface area contributed by atoms with Crippen molar-refractivity contribution in [3.05, 3.63) is 297 Å². The summed E-state index contributed by atoms with van der Waals surface area (Å²) in [7, 11) is 0. The highest BCUT2D eigenvalue weighted by Gasteiger charge is 2.41. The standard InChI is InChI=1S/3C26H26ClN3.C6H8O7/c3*1-18-13-19(16-28-15-18)17-30-11-8-20(9-12-30)25-24-7-6-23(27)14-22(24)5-4-21-3-2-10-29-26(21)25;7-3(8)1-6(13,5(11)12)2-4(9)10/h3*2-3,6-7,10,13-16H,4-5,8-9,11-12,17H2,1H3;13H,1-2H2,(H,7,8)(H,9,10)(H,11,12). The number of carbonyl (C=O) groups is 3. The van der Waals surface area contributed by atoms with E-state index in [0.717, 1.165) is 151 Å². The molecule has 9 aromatic rings. The maximum atomic E-state index is 10.3. The lowest BCUT2D eigenvalue weighted by Crippen LogP contribution is -2.42. The van der Waals surface area contributed by atoms with Crippen LogP contribution < -0.4 is 0 Å². The molecular weight excluding hydrogens is 1350 g/mol. The van der Waals surface area contributed by atoms with Gasteiger partial charge in [0.2, 0.25) is 0 Å². The van der Waals surface area contributed by atoms with Gasteiger partial charge in [0.05, 0.1) is 29.9 Å². The summed E-state index contributed by atoms with van der Waals surface area (Å²) < 4.78 is 0. The highest BCUT2D eigenvalue weighted by Crippen LogP contribution is 2.42. The van der Waals surface area contributed by atoms with Crippen LogP contribution in [-0.2, 0) is 72.5 Å². The molecule has 0 saturated carbocycles. The molecular formula is C84H86Cl3N9O7. The second-order valence-electron chi connectivity index (χ2n) is 27.8. The summed E-state index contributed by atoms with van der Waals surface area (Å²) in [5, 5.41) is 36.3. The van der Waals surface area contributed by atoms with E-state index in [2.05, 4.69) is 141 Å². The van der Waals surface area contributed by atoms with Crippen molar-refractivity contribution in [3.63, 3.8) is 0 Å². The molecule has 103 heavy (non-hydrogen) atoms. The molecule has 3 fully saturated rings. The summed E-state index contributed by atoms with van der Waals surface area (Å²) in [6.07, 6.45) is 27.8. The minimum absolute atomic E-state index is 0.818. The van der Waals surface area contributed by atoms with E-state index in [1.165, 1.54) is 134 Å². The highest BCUT2D eigenvalue weighted by molar-refractivity contribution is 6.31. The van der Waals surface area contributed by atoms with Crippen LogP contribution >= 0.6 is 34.8 Å². The third-order valence-corrected chi connectivity index (χ3v) is 20.8. The van der Waals surface area contributed by atoms with E-state index in [0.29, 0.717) is 0 Å². The zero-order chi connectivity index (χ0) is 72.2. The molecule has 3 saturated heterocycles. The van der Waals surface area contributed by atoms with Crippen molar-refractivity contribution in [1.82, 2.24) is 44.6 Å². The van der Waals surface area contributed by atoms with Crippen LogP contribution in [-0.4, -0.2) is 128 Å². The van der Waals surface area contributed by atoms with Gasteiger partial charge in [0, 0.05) is 146 Å². The van der Waals surface area contributed by atoms with Crippen LogP contribution in [0.2, 0.25) is 15.1 Å². The molecule has 19 heteroatoms. The molecule has 0 atom stereocenters. The number of aromatic nitrogens is 6. The second-order valence-corrected chi connectivity index (χ2v) is 29.1. The fourth-order valence-corrected chi connectivity index (χ4v) is 15.8. The van der Waals surface area contributed by atoms with Gasteiger partial charge in [-0.1, -0.05) is 106 Å². The van der Waals surface area contributed by atoms with Crippen LogP contribution in [0.15, 0.2) is 182 Å². The molecule has 16 nitrogen and oxygen atoms in total. The number of carboxylic acid groups (broad SMARTS) is 3. The number of benzene rings is 3. The van der Waals surface area contributed by atoms with E-state index in [-0.39, 0.29) is 0 Å². The number of halogens is 3. The summed E-state index contributed by atoms with van der Waals surface area (Å²) in [4.78, 5) is 65.7. The van der Waals surface area contributed by atoms with Crippen molar-refractivity contribution in [2.75, 3.05) is 39.3 Å². The zero-order valence-corrected chi connectivity index (χ0v) is 60.8. The Morgan fingerprint density at radius 2 is 0.670 bits per heavy atom. The first kappa shape index (κ1) is 73.6. The molecule has 15 rings (SSSR count). The van der Waals surface area contributed by atoms with Gasteiger partial charge < -0.3 is 20.4 Å². The van der Waals surface area contributed by atoms with E-state index >= 15 is 0 Å². The third-order valence-electron chi connectivity index (χ3n) is 20.1. The van der Waals surface area contributed by atoms with E-state index in [1.54, 1.807) is 0 Å². The van der Waals surface area contributed by atoms with Gasteiger partial charge in [0.1, 0.15) is 0 Å². The Labute approximate surface area is 617 Å². The number of hydrogen-bond donors (Lipinski definition) is 4. The summed E-state index contributed by atoms with van der Waals surface area (Å²) in [5.74, 6) is -5.02. The molecule has 0 radical (unpaired) electrons. The lowest BCUT2D eigenvalue weighted by molar-refractivity contribution is -0.170. The second kappa shape index (κ2) is 34.0. The average Bonchev–Trinajstić information content (AvgIpc) is 1.73. The van der Waals surface area contributed by atoms with Gasteiger partial charge >= 0.3 is 17.9 Å². The molecule has 6 aliphatic rings. The van der Waals surface area contributed by atoms with E-state index in [9.17, 15) is 14.4 Å². The Morgan fingerprint density at radius 1 is 0.388 bits per heavy atom. The average molecular weight is 1440 g/mol. The van der Waals surface area contributed by atoms with Gasteiger partial charge in [0.25, 0.3) is 0 Å². The predicted octanol–water partition coefficient (Wildman–Crippen LogP) is 15.7. The number of pyridine rings is 6. The molecule has 0 amide bonds. The van der Waals surface area contributed by atoms with Gasteiger partial charge in [-0.25, -0.2) is 4.79 Å². The fourth-order valence-electron chi connectivity index (χ4n) is 15.2. The van der Waals surface area contributed by atoms with Crippen LogP contribution in [0.1, 0.15) is 152 Å². The van der Waals surface area contributed by atoms with E-state index in [1.807, 2.05) is 74.0 Å². The molecule has 0 unspecified atom stereocenters. The Balaban J connectivity index is 0.000000134. The smallest absolute Gasteiger partial charge is 0.336 e. The van der Waals surface area contributed by atoms with E-state index in [4.69, 9.17) is 70.2 Å². The largest absolute Gasteiger partial charge is 0.481 e. The number of likely N-dealkylation sites (tertiary alicyclic amines) is 3. The zero-order valence-electron chi connectivity index (χ0n) is 58.5. The van der Waals surface area contributed by atoms with Crippen LogP contribution in [0.3, 0.4) is 0 Å². The Morgan fingerprint density at radius 3 is 0.932 bits per heavy atom. The van der Waals surface area contributed by atoms with Crippen molar-refractivity contribution in [2.45, 2.75) is 136 Å². The van der Waals surface area contributed by atoms with Gasteiger partial charge in [-0.3, -0.25) is 54.2 Å². The molecule has 530 valence electrons. The number of hydrogen-bond acceptors (Lipinski definition) is 13. The number of aliphatic carboxylic acids is 3. The summed E-state index contributed by atoms with van der Waals surface area (Å²) in [6.45, 7) is 15.6. The number of aliphatic hydroxyl groups is 1. The van der Waals surface area contributed by atoms with Crippen molar-refractivity contribution in [3.8, 4) is 0 Å². The molecule has 3 aromatic carbocycles. The van der Waals surface area contributed by atoms with Crippen LogP contribution in [0.4, 0.5) is 0 Å². The van der Waals surface area contributed by atoms with Crippen LogP contribution in [0.5, 0.6) is 0 Å². The van der Waals surface area contributed by atoms with Crippen LogP contribution in [0.25, 0.3) is 16.7 Å². The number of fused-ring (bicyclic) bond motifs is 6. The Bertz CT molecular complexity index is 4260. The molecule has 3 aliphatic carbocycles. The Kier molecular flexibility index (Phi) is 24.3. The first-order chi connectivity index (χ1) is 49.8. The van der Waals surface area contributed by atoms with Gasteiger partial charge in [-0.2, -0.15) is 0 Å². The van der Waals surface area contributed by atoms with Gasteiger partial charge in [-0.15, -0.1) is 0 Å². The van der Waals surface area contributed by atoms with Crippen molar-refractivity contribution in [2.24, 2.45) is 0 Å². The van der Waals surface area contributed by atoms with E-state index < -0.39 is 36.4 Å². The van der Waals surface area contributed by atoms with Gasteiger partial charge in [0.15, 0.2) is 5.60 Å². The predicted molar refractivity (Wildman–Crippen MR) is 405 cm³/mol. The topological polar surface area (TPSA) is 219 Å². The number of aryl methyl sites for hydroxylation is 9. The lowest BCUT2D eigenvalue weighted by atomic mass is 9.88. The first-order valence-corrected chi connectivity index (χ1v) is 36.6. The summed E-state index contributed by atoms with van der Waals surface area (Å²) >= 11 is 19.0. The van der Waals surface area contributed by atoms with Crippen molar-refractivity contribution in [1.29, 1.82) is 0 Å². The van der Waals surface area contributed by atoms with Gasteiger partial charge in [-0.05, 0) is 236 Å². The maximum absolute atomic E-state index is 10.3. The fraction of sp³-hybridized carbons (Fsp3) is 0.321. The number of rotatable bonds is 11. The highest BCUT2D eigenvalue weighted by atomic mass is 35.5. The molecule has 3 aliphatic heterocycles. The molecule has 0 spiro atoms. The number of nitrogens with zero attached hydrogens (tertiary/aromatic N) is 9. The molecule has 0 bridgehead atoms. The molecule has 9 heterocycles. The number of carboxylic acids is 3. The molecule has 4 N–H and O–H groups in total. The molecule has 6 aromatic heterocycles. The van der Waals surface area contributed by atoms with Crippen molar-refractivity contribution >= 4 is 69.4 Å². The summed E-state index contributed by atoms with van der Waals surface area (Å²) in [5.41, 5.74) is 29.0. The van der Waals surface area contributed by atoms with Crippen LogP contribution in [0, 0.1) is 20.8 Å². The first-order valence-electron chi connectivity index (χ1n) is 35.4. The maximum Gasteiger partial charge on any atom is 0.336 e. The van der Waals surface area contributed by atoms with Crippen molar-refractivity contribution < 1.29 is 34.8 Å². The lowest BCUT2D eigenvalue weighted by Gasteiger charge is -2.30. The quantitative estimate of drug-likeness (QED) is 0.0946. The number of piperidine rings is 3. The minimum Gasteiger partial charge on any atom is -0.481 e. The monoisotopic (exact) mass is 1440 g/mol. The third kappa shape index (κ3) is 18.8. The minimum atomic E-state index is -2.74. The Hall–Kier alpha value is -9.10. The summed E-state index contributed by atoms with van der Waals surface area (Å²) in [6, 6.07) is 38.7.